The zero-order valence-corrected chi connectivity index (χ0v) is 21.0. The number of thioether (sulfide) groups is 1. The van der Waals surface area contributed by atoms with E-state index < -0.39 is 30.5 Å². The van der Waals surface area contributed by atoms with Gasteiger partial charge in [-0.25, -0.2) is 0 Å². The Balaban J connectivity index is 1.51. The normalized spacial score (nSPS) is 24.3. The van der Waals surface area contributed by atoms with Gasteiger partial charge >= 0.3 is 0 Å². The van der Waals surface area contributed by atoms with Crippen LogP contribution in [0.5, 0.6) is 5.75 Å². The fourth-order valence-electron chi connectivity index (χ4n) is 4.15. The van der Waals surface area contributed by atoms with Crippen LogP contribution in [0.2, 0.25) is 5.02 Å². The molecule has 1 heterocycles. The lowest BCUT2D eigenvalue weighted by molar-refractivity contribution is -0.218. The maximum Gasteiger partial charge on any atom is 0.119 e. The Labute approximate surface area is 214 Å². The smallest absolute Gasteiger partial charge is 0.119 e. The minimum absolute atomic E-state index is 0.363. The highest BCUT2D eigenvalue weighted by Gasteiger charge is 2.44. The lowest BCUT2D eigenvalue weighted by Gasteiger charge is -2.41. The van der Waals surface area contributed by atoms with Gasteiger partial charge in [-0.1, -0.05) is 48.0 Å². The topological polar surface area (TPSA) is 105 Å². The third kappa shape index (κ3) is 6.12. The number of aliphatic hydroxyl groups excluding tert-OH is 3. The Morgan fingerprint density at radius 3 is 2.43 bits per heavy atom. The molecule has 0 bridgehead atoms. The van der Waals surface area contributed by atoms with Crippen molar-refractivity contribution >= 4 is 29.1 Å². The average molecular weight is 516 g/mol. The molecular weight excluding hydrogens is 486 g/mol. The zero-order valence-electron chi connectivity index (χ0n) is 19.4. The van der Waals surface area contributed by atoms with Gasteiger partial charge in [0.25, 0.3) is 0 Å². The molecule has 1 aliphatic heterocycles. The molecule has 5 atom stereocenters. The van der Waals surface area contributed by atoms with Gasteiger partial charge in [-0.05, 0) is 60.4 Å². The quantitative estimate of drug-likeness (QED) is 0.263. The van der Waals surface area contributed by atoms with E-state index in [9.17, 15) is 15.3 Å². The van der Waals surface area contributed by atoms with E-state index in [1.54, 1.807) is 12.1 Å². The van der Waals surface area contributed by atoms with E-state index in [-0.39, 0.29) is 0 Å². The molecular formula is C27H30ClNO5S. The van der Waals surface area contributed by atoms with Crippen LogP contribution in [0.15, 0.2) is 71.6 Å². The lowest BCUT2D eigenvalue weighted by Crippen LogP contribution is -2.54. The standard InChI is InChI=1S/C27H30ClNO5S/c1-2-33-19-10-7-16(8-11-19)13-18-14-17(9-12-20(18)28)27-26(32)25(31)24(30)22(34-27)15-35-23-6-4-3-5-21(23)29/h3-12,14,22,24-27,30-32H,2,13,15,29H2,1H3. The van der Waals surface area contributed by atoms with Crippen molar-refractivity contribution in [1.29, 1.82) is 0 Å². The van der Waals surface area contributed by atoms with Crippen LogP contribution in [0.4, 0.5) is 5.69 Å². The van der Waals surface area contributed by atoms with Crippen LogP contribution in [0.3, 0.4) is 0 Å². The Bertz CT molecular complexity index is 1130. The first-order valence-corrected chi connectivity index (χ1v) is 12.9. The van der Waals surface area contributed by atoms with Gasteiger partial charge in [0.15, 0.2) is 0 Å². The Morgan fingerprint density at radius 2 is 1.71 bits per heavy atom. The van der Waals surface area contributed by atoms with Gasteiger partial charge in [0.05, 0.1) is 12.7 Å². The van der Waals surface area contributed by atoms with Gasteiger partial charge in [0, 0.05) is 21.4 Å². The molecule has 1 aliphatic rings. The van der Waals surface area contributed by atoms with Crippen molar-refractivity contribution in [3.05, 3.63) is 88.4 Å². The summed E-state index contributed by atoms with van der Waals surface area (Å²) in [6, 6.07) is 20.7. The maximum atomic E-state index is 10.7. The van der Waals surface area contributed by atoms with Crippen molar-refractivity contribution in [3.8, 4) is 5.75 Å². The molecule has 8 heteroatoms. The molecule has 3 aromatic rings. The highest BCUT2D eigenvalue weighted by Crippen LogP contribution is 2.37. The lowest BCUT2D eigenvalue weighted by atomic mass is 9.90. The molecule has 1 saturated heterocycles. The third-order valence-electron chi connectivity index (χ3n) is 6.06. The van der Waals surface area contributed by atoms with Crippen LogP contribution in [0.1, 0.15) is 29.7 Å². The first-order valence-electron chi connectivity index (χ1n) is 11.5. The van der Waals surface area contributed by atoms with E-state index in [2.05, 4.69) is 0 Å². The van der Waals surface area contributed by atoms with Gasteiger partial charge in [-0.15, -0.1) is 11.8 Å². The number of anilines is 1. The summed E-state index contributed by atoms with van der Waals surface area (Å²) in [6.07, 6.45) is -4.80. The van der Waals surface area contributed by atoms with Crippen molar-refractivity contribution < 1.29 is 24.8 Å². The average Bonchev–Trinajstić information content (AvgIpc) is 2.86. The Morgan fingerprint density at radius 1 is 0.971 bits per heavy atom. The molecule has 1 fully saturated rings. The minimum Gasteiger partial charge on any atom is -0.494 e. The summed E-state index contributed by atoms with van der Waals surface area (Å²) < 4.78 is 11.6. The summed E-state index contributed by atoms with van der Waals surface area (Å²) in [5.41, 5.74) is 9.27. The molecule has 5 N–H and O–H groups in total. The molecule has 0 spiro atoms. The number of para-hydroxylation sites is 1. The number of rotatable bonds is 8. The van der Waals surface area contributed by atoms with E-state index >= 15 is 0 Å². The molecule has 6 nitrogen and oxygen atoms in total. The van der Waals surface area contributed by atoms with Gasteiger partial charge in [-0.2, -0.15) is 0 Å². The van der Waals surface area contributed by atoms with Crippen molar-refractivity contribution in [3.63, 3.8) is 0 Å². The van der Waals surface area contributed by atoms with Crippen LogP contribution in [0.25, 0.3) is 0 Å². The molecule has 0 amide bonds. The first kappa shape index (κ1) is 25.8. The fraction of sp³-hybridized carbons (Fsp3) is 0.333. The summed E-state index contributed by atoms with van der Waals surface area (Å²) >= 11 is 7.92. The predicted octanol–water partition coefficient (Wildman–Crippen LogP) is 4.23. The largest absolute Gasteiger partial charge is 0.494 e. The Kier molecular flexibility index (Phi) is 8.59. The molecule has 0 radical (unpaired) electrons. The monoisotopic (exact) mass is 515 g/mol. The zero-order chi connectivity index (χ0) is 24.9. The molecule has 3 aromatic carbocycles. The van der Waals surface area contributed by atoms with Gasteiger partial charge in [0.1, 0.15) is 30.2 Å². The summed E-state index contributed by atoms with van der Waals surface area (Å²) in [5, 5.41) is 32.5. The van der Waals surface area contributed by atoms with Crippen molar-refractivity contribution in [1.82, 2.24) is 0 Å². The second kappa shape index (κ2) is 11.6. The molecule has 5 unspecified atom stereocenters. The summed E-state index contributed by atoms with van der Waals surface area (Å²) in [6.45, 7) is 2.55. The van der Waals surface area contributed by atoms with E-state index in [0.29, 0.717) is 35.1 Å². The van der Waals surface area contributed by atoms with E-state index in [1.165, 1.54) is 11.8 Å². The van der Waals surface area contributed by atoms with Crippen molar-refractivity contribution in [2.24, 2.45) is 0 Å². The first-order chi connectivity index (χ1) is 16.9. The molecule has 0 aliphatic carbocycles. The SMILES string of the molecule is CCOc1ccc(Cc2cc(C3OC(CSc4ccccc4N)C(O)C(O)C3O)ccc2Cl)cc1. The van der Waals surface area contributed by atoms with Crippen LogP contribution in [0, 0.1) is 0 Å². The maximum absolute atomic E-state index is 10.7. The number of hydrogen-bond donors (Lipinski definition) is 4. The van der Waals surface area contributed by atoms with Gasteiger partial charge in [0.2, 0.25) is 0 Å². The van der Waals surface area contributed by atoms with Crippen LogP contribution in [-0.4, -0.2) is 52.1 Å². The van der Waals surface area contributed by atoms with Crippen molar-refractivity contribution in [2.75, 3.05) is 18.1 Å². The number of nitrogens with two attached hydrogens (primary N) is 1. The third-order valence-corrected chi connectivity index (χ3v) is 7.61. The predicted molar refractivity (Wildman–Crippen MR) is 139 cm³/mol. The van der Waals surface area contributed by atoms with Crippen LogP contribution < -0.4 is 10.5 Å². The highest BCUT2D eigenvalue weighted by atomic mass is 35.5. The van der Waals surface area contributed by atoms with E-state index in [4.69, 9.17) is 26.8 Å². The molecule has 186 valence electrons. The van der Waals surface area contributed by atoms with Crippen molar-refractivity contribution in [2.45, 2.75) is 48.8 Å². The van der Waals surface area contributed by atoms with Crippen LogP contribution >= 0.6 is 23.4 Å². The molecule has 0 aromatic heterocycles. The number of nitrogen functional groups attached to an aromatic ring is 1. The van der Waals surface area contributed by atoms with E-state index in [0.717, 1.165) is 21.8 Å². The number of aliphatic hydroxyl groups is 3. The second-order valence-electron chi connectivity index (χ2n) is 8.52. The van der Waals surface area contributed by atoms with Crippen LogP contribution in [-0.2, 0) is 11.2 Å². The summed E-state index contributed by atoms with van der Waals surface area (Å²) in [4.78, 5) is 0.865. The summed E-state index contributed by atoms with van der Waals surface area (Å²) in [5.74, 6) is 1.17. The number of ether oxygens (including phenoxy) is 2. The van der Waals surface area contributed by atoms with E-state index in [1.807, 2.05) is 61.5 Å². The number of benzene rings is 3. The fourth-order valence-corrected chi connectivity index (χ4v) is 5.36. The number of halogens is 1. The summed E-state index contributed by atoms with van der Waals surface area (Å²) in [7, 11) is 0. The Hall–Kier alpha value is -2.26. The highest BCUT2D eigenvalue weighted by molar-refractivity contribution is 7.99. The second-order valence-corrected chi connectivity index (χ2v) is 9.99. The molecule has 35 heavy (non-hydrogen) atoms. The molecule has 0 saturated carbocycles. The number of hydrogen-bond acceptors (Lipinski definition) is 7. The van der Waals surface area contributed by atoms with Gasteiger partial charge < -0.3 is 30.5 Å². The van der Waals surface area contributed by atoms with Gasteiger partial charge in [-0.3, -0.25) is 0 Å². The minimum atomic E-state index is -1.35. The molecule has 4 rings (SSSR count).